The van der Waals surface area contributed by atoms with Crippen molar-refractivity contribution >= 4 is 19.7 Å². The van der Waals surface area contributed by atoms with Gasteiger partial charge in [-0.05, 0) is 18.2 Å². The maximum absolute atomic E-state index is 13.7. The predicted octanol–water partition coefficient (Wildman–Crippen LogP) is 2.91. The van der Waals surface area contributed by atoms with Gasteiger partial charge in [-0.2, -0.15) is 0 Å². The molecule has 0 aliphatic carbocycles. The molecule has 0 bridgehead atoms. The second-order valence-electron chi connectivity index (χ2n) is 4.07. The first kappa shape index (κ1) is 15.7. The van der Waals surface area contributed by atoms with Crippen molar-refractivity contribution < 1.29 is 21.9 Å². The smallest absolute Gasteiger partial charge is 0.265 e. The van der Waals surface area contributed by atoms with Crippen LogP contribution in [0.1, 0.15) is 5.69 Å². The molecule has 1 aromatic heterocycles. The van der Waals surface area contributed by atoms with E-state index in [0.717, 1.165) is 0 Å². The summed E-state index contributed by atoms with van der Waals surface area (Å²) in [6, 6.07) is 6.39. The molecule has 4 nitrogen and oxygen atoms in total. The minimum absolute atomic E-state index is 0.0288. The van der Waals surface area contributed by atoms with Crippen molar-refractivity contribution in [3.63, 3.8) is 0 Å². The summed E-state index contributed by atoms with van der Waals surface area (Å²) >= 11 is 0. The average Bonchev–Trinajstić information content (AvgIpc) is 2.41. The van der Waals surface area contributed by atoms with Gasteiger partial charge >= 0.3 is 0 Å². The number of hydrogen-bond acceptors (Lipinski definition) is 4. The maximum atomic E-state index is 13.7. The van der Waals surface area contributed by atoms with Crippen LogP contribution in [-0.4, -0.2) is 20.0 Å². The molecule has 1 aromatic carbocycles. The van der Waals surface area contributed by atoms with Gasteiger partial charge in [-0.15, -0.1) is 0 Å². The zero-order chi connectivity index (χ0) is 15.5. The molecule has 0 saturated heterocycles. The van der Waals surface area contributed by atoms with Crippen LogP contribution in [0.15, 0.2) is 41.4 Å². The summed E-state index contributed by atoms with van der Waals surface area (Å²) in [5.74, 6) is -2.78. The Morgan fingerprint density at radius 2 is 2.00 bits per heavy atom. The van der Waals surface area contributed by atoms with Gasteiger partial charge in [0, 0.05) is 35.1 Å². The Bertz CT molecular complexity index is 739. The molecule has 0 fully saturated rings. The van der Waals surface area contributed by atoms with Crippen LogP contribution < -0.4 is 4.74 Å². The van der Waals surface area contributed by atoms with E-state index in [4.69, 9.17) is 15.4 Å². The van der Waals surface area contributed by atoms with E-state index in [2.05, 4.69) is 4.98 Å². The molecule has 0 spiro atoms. The molecule has 0 N–H and O–H groups in total. The largest absolute Gasteiger partial charge is 0.489 e. The minimum atomic E-state index is -4.32. The van der Waals surface area contributed by atoms with Crippen molar-refractivity contribution in [3.8, 4) is 5.75 Å². The lowest BCUT2D eigenvalue weighted by Crippen LogP contribution is -2.07. The lowest BCUT2D eigenvalue weighted by atomic mass is 10.3. The fourth-order valence-corrected chi connectivity index (χ4v) is 2.64. The fraction of sp³-hybridized carbons (Fsp3) is 0.154. The molecule has 2 rings (SSSR count). The van der Waals surface area contributed by atoms with E-state index < -0.39 is 31.3 Å². The van der Waals surface area contributed by atoms with E-state index in [9.17, 15) is 17.2 Å². The summed E-state index contributed by atoms with van der Waals surface area (Å²) in [5.41, 5.74) is 0.690. The number of halogens is 3. The summed E-state index contributed by atoms with van der Waals surface area (Å²) < 4.78 is 54.5. The molecule has 0 unspecified atom stereocenters. The third kappa shape index (κ3) is 4.12. The Labute approximate surface area is 124 Å². The molecular weight excluding hydrogens is 324 g/mol. The predicted molar refractivity (Wildman–Crippen MR) is 72.8 cm³/mol. The monoisotopic (exact) mass is 333 g/mol. The van der Waals surface area contributed by atoms with Crippen molar-refractivity contribution in [1.82, 2.24) is 4.98 Å². The zero-order valence-corrected chi connectivity index (χ0v) is 12.2. The van der Waals surface area contributed by atoms with E-state index in [1.807, 2.05) is 0 Å². The van der Waals surface area contributed by atoms with Crippen LogP contribution in [-0.2, 0) is 15.5 Å². The van der Waals surface area contributed by atoms with Crippen LogP contribution in [0.25, 0.3) is 0 Å². The van der Waals surface area contributed by atoms with Crippen LogP contribution in [0.3, 0.4) is 0 Å². The molecule has 0 aliphatic rings. The van der Waals surface area contributed by atoms with Gasteiger partial charge in [-0.3, -0.25) is 4.98 Å². The first-order valence-electron chi connectivity index (χ1n) is 5.84. The highest BCUT2D eigenvalue weighted by Gasteiger charge is 2.22. The Kier molecular flexibility index (Phi) is 4.74. The van der Waals surface area contributed by atoms with E-state index in [-0.39, 0.29) is 6.61 Å². The van der Waals surface area contributed by atoms with Gasteiger partial charge in [-0.25, -0.2) is 17.2 Å². The van der Waals surface area contributed by atoms with E-state index in [1.165, 1.54) is 0 Å². The molecule has 21 heavy (non-hydrogen) atoms. The number of ether oxygens (including phenoxy) is 1. The first-order chi connectivity index (χ1) is 9.88. The molecule has 8 heteroatoms. The lowest BCUT2D eigenvalue weighted by Gasteiger charge is -2.10. The molecule has 112 valence electrons. The fourth-order valence-electron chi connectivity index (χ4n) is 1.66. The van der Waals surface area contributed by atoms with Gasteiger partial charge < -0.3 is 4.74 Å². The minimum Gasteiger partial charge on any atom is -0.489 e. The normalized spacial score (nSPS) is 11.4. The van der Waals surface area contributed by atoms with Crippen LogP contribution in [0.2, 0.25) is 0 Å². The van der Waals surface area contributed by atoms with Crippen molar-refractivity contribution in [2.45, 2.75) is 11.3 Å². The number of hydrogen-bond donors (Lipinski definition) is 0. The van der Waals surface area contributed by atoms with E-state index >= 15 is 0 Å². The molecule has 0 amide bonds. The number of rotatable bonds is 5. The molecular formula is C13H10ClF2NO3S. The number of benzene rings is 1. The van der Waals surface area contributed by atoms with Crippen LogP contribution in [0.5, 0.6) is 5.75 Å². The zero-order valence-electron chi connectivity index (χ0n) is 10.6. The average molecular weight is 334 g/mol. The number of pyridine rings is 1. The lowest BCUT2D eigenvalue weighted by molar-refractivity contribution is 0.294. The number of nitrogens with zero attached hydrogens (tertiary/aromatic N) is 1. The Hall–Kier alpha value is -1.73. The van der Waals surface area contributed by atoms with Gasteiger partial charge in [0.1, 0.15) is 10.7 Å². The summed E-state index contributed by atoms with van der Waals surface area (Å²) in [4.78, 5) is 3.31. The van der Waals surface area contributed by atoms with Crippen LogP contribution in [0.4, 0.5) is 8.78 Å². The molecule has 0 atom stereocenters. The van der Waals surface area contributed by atoms with Crippen molar-refractivity contribution in [2.24, 2.45) is 0 Å². The summed E-state index contributed by atoms with van der Waals surface area (Å²) in [6.07, 6.45) is 1.92. The van der Waals surface area contributed by atoms with Crippen molar-refractivity contribution in [1.29, 1.82) is 0 Å². The Morgan fingerprint density at radius 3 is 2.62 bits per heavy atom. The van der Waals surface area contributed by atoms with E-state index in [0.29, 0.717) is 24.2 Å². The van der Waals surface area contributed by atoms with Gasteiger partial charge in [0.2, 0.25) is 0 Å². The second-order valence-corrected chi connectivity index (χ2v) is 6.61. The van der Waals surface area contributed by atoms with Gasteiger partial charge in [0.15, 0.2) is 11.6 Å². The topological polar surface area (TPSA) is 56.3 Å². The SMILES string of the molecule is O=S(=O)(Cl)c1cc(F)cc(F)c1OCCc1ccccn1. The van der Waals surface area contributed by atoms with Crippen molar-refractivity contribution in [2.75, 3.05) is 6.61 Å². The third-order valence-electron chi connectivity index (χ3n) is 2.57. The molecule has 0 saturated carbocycles. The summed E-state index contributed by atoms with van der Waals surface area (Å²) in [6.45, 7) is -0.0288. The standard InChI is InChI=1S/C13H10ClF2NO3S/c14-21(18,19)12-8-9(15)7-11(16)13(12)20-6-4-10-3-1-2-5-17-10/h1-3,5,7-8H,4,6H2. The second kappa shape index (κ2) is 6.36. The summed E-state index contributed by atoms with van der Waals surface area (Å²) in [7, 11) is 0.828. The third-order valence-corrected chi connectivity index (χ3v) is 3.90. The highest BCUT2D eigenvalue weighted by atomic mass is 35.7. The highest BCUT2D eigenvalue weighted by Crippen LogP contribution is 2.31. The summed E-state index contributed by atoms with van der Waals surface area (Å²) in [5, 5.41) is 0. The molecule has 0 aliphatic heterocycles. The van der Waals surface area contributed by atoms with Gasteiger partial charge in [0.05, 0.1) is 6.61 Å². The van der Waals surface area contributed by atoms with Gasteiger partial charge in [0.25, 0.3) is 9.05 Å². The van der Waals surface area contributed by atoms with Crippen LogP contribution >= 0.6 is 10.7 Å². The Balaban J connectivity index is 2.20. The highest BCUT2D eigenvalue weighted by molar-refractivity contribution is 8.13. The van der Waals surface area contributed by atoms with Gasteiger partial charge in [-0.1, -0.05) is 6.07 Å². The maximum Gasteiger partial charge on any atom is 0.265 e. The number of aromatic nitrogens is 1. The van der Waals surface area contributed by atoms with E-state index in [1.54, 1.807) is 24.4 Å². The van der Waals surface area contributed by atoms with Crippen LogP contribution in [0, 0.1) is 11.6 Å². The van der Waals surface area contributed by atoms with Crippen molar-refractivity contribution in [3.05, 3.63) is 53.9 Å². The first-order valence-corrected chi connectivity index (χ1v) is 8.15. The molecule has 1 heterocycles. The molecule has 0 radical (unpaired) electrons. The quantitative estimate of drug-likeness (QED) is 0.789. The Morgan fingerprint density at radius 1 is 1.24 bits per heavy atom. The molecule has 2 aromatic rings.